The van der Waals surface area contributed by atoms with Crippen LogP contribution in [-0.2, 0) is 9.59 Å². The molecule has 1 rings (SSSR count). The first-order chi connectivity index (χ1) is 6.56. The zero-order chi connectivity index (χ0) is 10.7. The first kappa shape index (κ1) is 11.5. The van der Waals surface area contributed by atoms with Crippen LogP contribution in [0.2, 0.25) is 0 Å². The van der Waals surface area contributed by atoms with E-state index in [-0.39, 0.29) is 17.7 Å². The third kappa shape index (κ3) is 2.45. The Morgan fingerprint density at radius 1 is 1.71 bits per heavy atom. The van der Waals surface area contributed by atoms with E-state index in [0.29, 0.717) is 4.32 Å². The Bertz CT molecular complexity index is 280. The number of thiocarbonyl (C=S) groups is 1. The van der Waals surface area contributed by atoms with Crippen LogP contribution in [0.15, 0.2) is 0 Å². The summed E-state index contributed by atoms with van der Waals surface area (Å²) in [6.07, 6.45) is 1.65. The fraction of sp³-hybridized carbons (Fsp3) is 0.625. The van der Waals surface area contributed by atoms with E-state index >= 15 is 0 Å². The molecule has 4 nitrogen and oxygen atoms in total. The van der Waals surface area contributed by atoms with E-state index in [2.05, 4.69) is 0 Å². The van der Waals surface area contributed by atoms with Gasteiger partial charge in [0.2, 0.25) is 5.91 Å². The second kappa shape index (κ2) is 4.75. The van der Waals surface area contributed by atoms with E-state index in [1.807, 2.05) is 6.92 Å². The Morgan fingerprint density at radius 3 is 2.86 bits per heavy atom. The number of carboxylic acids is 1. The van der Waals surface area contributed by atoms with Crippen LogP contribution in [0.25, 0.3) is 0 Å². The van der Waals surface area contributed by atoms with Crippen molar-refractivity contribution in [3.63, 3.8) is 0 Å². The summed E-state index contributed by atoms with van der Waals surface area (Å²) in [4.78, 5) is 23.2. The highest BCUT2D eigenvalue weighted by atomic mass is 32.2. The molecule has 1 unspecified atom stereocenters. The minimum atomic E-state index is -1.03. The van der Waals surface area contributed by atoms with Crippen molar-refractivity contribution in [2.24, 2.45) is 0 Å². The van der Waals surface area contributed by atoms with Crippen molar-refractivity contribution in [1.29, 1.82) is 0 Å². The quantitative estimate of drug-likeness (QED) is 0.737. The van der Waals surface area contributed by atoms with Crippen molar-refractivity contribution in [2.45, 2.75) is 25.0 Å². The largest absolute Gasteiger partial charge is 0.480 e. The normalized spacial score (nSPS) is 21.8. The molecule has 0 aromatic heterocycles. The number of amides is 1. The van der Waals surface area contributed by atoms with Gasteiger partial charge in [-0.05, 0) is 6.42 Å². The molecule has 0 bridgehead atoms. The number of hydrogen-bond donors (Lipinski definition) is 1. The summed E-state index contributed by atoms with van der Waals surface area (Å²) in [7, 11) is 0. The van der Waals surface area contributed by atoms with Crippen molar-refractivity contribution in [1.82, 2.24) is 4.90 Å². The van der Waals surface area contributed by atoms with Gasteiger partial charge in [0.25, 0.3) is 0 Å². The second-order valence-corrected chi connectivity index (χ2v) is 4.82. The van der Waals surface area contributed by atoms with Crippen LogP contribution in [0.5, 0.6) is 0 Å². The fourth-order valence-electron chi connectivity index (χ4n) is 1.22. The molecule has 6 heteroatoms. The van der Waals surface area contributed by atoms with Gasteiger partial charge in [0.05, 0.1) is 5.25 Å². The van der Waals surface area contributed by atoms with E-state index in [0.717, 1.165) is 12.8 Å². The van der Waals surface area contributed by atoms with Gasteiger partial charge < -0.3 is 5.11 Å². The van der Waals surface area contributed by atoms with Gasteiger partial charge in [-0.2, -0.15) is 0 Å². The molecule has 0 radical (unpaired) electrons. The molecule has 0 aromatic carbocycles. The molecule has 1 fully saturated rings. The average molecular weight is 233 g/mol. The molecule has 1 heterocycles. The summed E-state index contributed by atoms with van der Waals surface area (Å²) in [5.74, 6) is -1.19. The van der Waals surface area contributed by atoms with Gasteiger partial charge in [0.1, 0.15) is 10.9 Å². The Balaban J connectivity index is 2.65. The Kier molecular flexibility index (Phi) is 3.88. The summed E-state index contributed by atoms with van der Waals surface area (Å²) in [5.41, 5.74) is 0. The molecular weight excluding hydrogens is 222 g/mol. The molecule has 1 aliphatic heterocycles. The molecule has 78 valence electrons. The summed E-state index contributed by atoms with van der Waals surface area (Å²) < 4.78 is 0.385. The Labute approximate surface area is 91.6 Å². The number of carboxylic acid groups (broad SMARTS) is 1. The van der Waals surface area contributed by atoms with Gasteiger partial charge in [-0.3, -0.25) is 14.5 Å². The molecule has 0 spiro atoms. The minimum Gasteiger partial charge on any atom is -0.480 e. The maximum Gasteiger partial charge on any atom is 0.323 e. The summed E-state index contributed by atoms with van der Waals surface area (Å²) >= 11 is 6.22. The lowest BCUT2D eigenvalue weighted by Gasteiger charge is -2.11. The molecule has 0 aliphatic carbocycles. The second-order valence-electron chi connectivity index (χ2n) is 2.98. The first-order valence-electron chi connectivity index (χ1n) is 4.30. The van der Waals surface area contributed by atoms with Crippen molar-refractivity contribution >= 4 is 40.2 Å². The van der Waals surface area contributed by atoms with Gasteiger partial charge >= 0.3 is 5.97 Å². The summed E-state index contributed by atoms with van der Waals surface area (Å²) in [6.45, 7) is 1.67. The van der Waals surface area contributed by atoms with Crippen LogP contribution in [0.1, 0.15) is 19.8 Å². The lowest BCUT2D eigenvalue weighted by atomic mass is 10.2. The van der Waals surface area contributed by atoms with Gasteiger partial charge in [-0.25, -0.2) is 0 Å². The number of thioether (sulfide) groups is 1. The smallest absolute Gasteiger partial charge is 0.323 e. The molecule has 1 amide bonds. The van der Waals surface area contributed by atoms with E-state index in [1.165, 1.54) is 16.7 Å². The number of aliphatic carboxylic acids is 1. The maximum atomic E-state index is 11.6. The van der Waals surface area contributed by atoms with Gasteiger partial charge in [0.15, 0.2) is 0 Å². The topological polar surface area (TPSA) is 57.6 Å². The molecule has 1 atom stereocenters. The van der Waals surface area contributed by atoms with Gasteiger partial charge in [0, 0.05) is 0 Å². The predicted octanol–water partition coefficient (Wildman–Crippen LogP) is 1.10. The molecule has 1 saturated heterocycles. The number of hydrogen-bond acceptors (Lipinski definition) is 4. The van der Waals surface area contributed by atoms with Crippen LogP contribution in [-0.4, -0.2) is 38.0 Å². The third-order valence-electron chi connectivity index (χ3n) is 1.85. The highest BCUT2D eigenvalue weighted by Gasteiger charge is 2.36. The van der Waals surface area contributed by atoms with Crippen molar-refractivity contribution < 1.29 is 14.7 Å². The van der Waals surface area contributed by atoms with Crippen molar-refractivity contribution in [3.05, 3.63) is 0 Å². The monoisotopic (exact) mass is 233 g/mol. The van der Waals surface area contributed by atoms with Crippen LogP contribution in [0.4, 0.5) is 0 Å². The highest BCUT2D eigenvalue weighted by molar-refractivity contribution is 8.24. The molecular formula is C8H11NO3S2. The van der Waals surface area contributed by atoms with Crippen LogP contribution in [0.3, 0.4) is 0 Å². The number of carbonyl (C=O) groups excluding carboxylic acids is 1. The zero-order valence-electron chi connectivity index (χ0n) is 7.73. The lowest BCUT2D eigenvalue weighted by Crippen LogP contribution is -2.35. The SMILES string of the molecule is CCCC1SC(=S)N(CC(=O)O)C1=O. The molecule has 1 aliphatic rings. The third-order valence-corrected chi connectivity index (χ3v) is 3.50. The predicted molar refractivity (Wildman–Crippen MR) is 58.2 cm³/mol. The molecule has 1 N–H and O–H groups in total. The van der Waals surface area contributed by atoms with Gasteiger partial charge in [-0.15, -0.1) is 0 Å². The molecule has 0 aromatic rings. The number of rotatable bonds is 4. The van der Waals surface area contributed by atoms with E-state index in [1.54, 1.807) is 0 Å². The summed E-state index contributed by atoms with van der Waals surface area (Å²) in [5, 5.41) is 8.39. The lowest BCUT2D eigenvalue weighted by molar-refractivity contribution is -0.141. The highest BCUT2D eigenvalue weighted by Crippen LogP contribution is 2.29. The van der Waals surface area contributed by atoms with Crippen LogP contribution >= 0.6 is 24.0 Å². The van der Waals surface area contributed by atoms with Crippen molar-refractivity contribution in [2.75, 3.05) is 6.54 Å². The van der Waals surface area contributed by atoms with E-state index in [4.69, 9.17) is 17.3 Å². The number of nitrogens with zero attached hydrogens (tertiary/aromatic N) is 1. The van der Waals surface area contributed by atoms with Crippen LogP contribution in [0, 0.1) is 0 Å². The Morgan fingerprint density at radius 2 is 2.36 bits per heavy atom. The summed E-state index contributed by atoms with van der Waals surface area (Å²) in [6, 6.07) is 0. The minimum absolute atomic E-state index is 0.163. The van der Waals surface area contributed by atoms with Crippen molar-refractivity contribution in [3.8, 4) is 0 Å². The average Bonchev–Trinajstić information content (AvgIpc) is 2.33. The van der Waals surface area contributed by atoms with Crippen LogP contribution < -0.4 is 0 Å². The maximum absolute atomic E-state index is 11.6. The zero-order valence-corrected chi connectivity index (χ0v) is 9.36. The fourth-order valence-corrected chi connectivity index (χ4v) is 2.83. The molecule has 14 heavy (non-hydrogen) atoms. The van der Waals surface area contributed by atoms with E-state index in [9.17, 15) is 9.59 Å². The Hall–Kier alpha value is -0.620. The molecule has 0 saturated carbocycles. The van der Waals surface area contributed by atoms with E-state index < -0.39 is 5.97 Å². The standard InChI is InChI=1S/C8H11NO3S2/c1-2-3-5-7(12)9(4-6(10)11)8(13)14-5/h5H,2-4H2,1H3,(H,10,11). The number of carbonyl (C=O) groups is 2. The van der Waals surface area contributed by atoms with Gasteiger partial charge in [-0.1, -0.05) is 37.3 Å². The first-order valence-corrected chi connectivity index (χ1v) is 5.58.